The van der Waals surface area contributed by atoms with Gasteiger partial charge in [0.05, 0.1) is 25.6 Å². The van der Waals surface area contributed by atoms with E-state index in [4.69, 9.17) is 15.2 Å². The van der Waals surface area contributed by atoms with Crippen molar-refractivity contribution in [3.05, 3.63) is 30.1 Å². The maximum absolute atomic E-state index is 5.94. The van der Waals surface area contributed by atoms with Gasteiger partial charge in [0, 0.05) is 18.7 Å². The van der Waals surface area contributed by atoms with Crippen LogP contribution in [0.3, 0.4) is 0 Å². The van der Waals surface area contributed by atoms with Crippen LogP contribution >= 0.6 is 0 Å². The van der Waals surface area contributed by atoms with Gasteiger partial charge in [-0.05, 0) is 31.5 Å². The molecule has 0 saturated heterocycles. The van der Waals surface area contributed by atoms with E-state index in [1.54, 1.807) is 7.11 Å². The minimum Gasteiger partial charge on any atom is -0.493 e. The van der Waals surface area contributed by atoms with E-state index in [9.17, 15) is 0 Å². The first-order valence-electron chi connectivity index (χ1n) is 7.16. The molecule has 2 aromatic rings. The molecule has 1 heterocycles. The molecule has 0 fully saturated rings. The molecule has 21 heavy (non-hydrogen) atoms. The minimum absolute atomic E-state index is 0.0506. The lowest BCUT2D eigenvalue weighted by Gasteiger charge is -2.12. The number of aromatic nitrogens is 2. The van der Waals surface area contributed by atoms with Crippen LogP contribution in [0, 0.1) is 0 Å². The molecule has 0 aliphatic rings. The molecule has 5 nitrogen and oxygen atoms in total. The van der Waals surface area contributed by atoms with Crippen LogP contribution < -0.4 is 15.2 Å². The average Bonchev–Trinajstić information content (AvgIpc) is 2.86. The fourth-order valence-electron chi connectivity index (χ4n) is 2.25. The van der Waals surface area contributed by atoms with Gasteiger partial charge in [-0.3, -0.25) is 0 Å². The van der Waals surface area contributed by atoms with Crippen molar-refractivity contribution in [2.75, 3.05) is 13.7 Å². The molecule has 114 valence electrons. The van der Waals surface area contributed by atoms with Crippen LogP contribution in [0.4, 0.5) is 0 Å². The quantitative estimate of drug-likeness (QED) is 0.888. The summed E-state index contributed by atoms with van der Waals surface area (Å²) in [5.74, 6) is 2.33. The number of methoxy groups -OCH3 is 1. The van der Waals surface area contributed by atoms with Crippen LogP contribution in [0.25, 0.3) is 11.4 Å². The predicted octanol–water partition coefficient (Wildman–Crippen LogP) is 2.90. The highest BCUT2D eigenvalue weighted by Gasteiger charge is 2.14. The first-order valence-corrected chi connectivity index (χ1v) is 7.16. The lowest BCUT2D eigenvalue weighted by molar-refractivity contribution is 0.294. The Hall–Kier alpha value is -2.01. The highest BCUT2D eigenvalue weighted by molar-refractivity contribution is 5.62. The molecular weight excluding hydrogens is 266 g/mol. The van der Waals surface area contributed by atoms with Crippen LogP contribution in [0.1, 0.15) is 32.0 Å². The Morgan fingerprint density at radius 3 is 2.67 bits per heavy atom. The van der Waals surface area contributed by atoms with Crippen molar-refractivity contribution < 1.29 is 9.47 Å². The molecular formula is C16H23N3O2. The van der Waals surface area contributed by atoms with E-state index in [0.717, 1.165) is 29.3 Å². The van der Waals surface area contributed by atoms with Gasteiger partial charge in [0.2, 0.25) is 0 Å². The number of imidazole rings is 1. The molecule has 0 amide bonds. The van der Waals surface area contributed by atoms with E-state index in [2.05, 4.69) is 11.9 Å². The van der Waals surface area contributed by atoms with Crippen molar-refractivity contribution in [3.8, 4) is 22.9 Å². The van der Waals surface area contributed by atoms with E-state index < -0.39 is 0 Å². The van der Waals surface area contributed by atoms with E-state index in [1.807, 2.05) is 42.9 Å². The molecule has 0 bridgehead atoms. The summed E-state index contributed by atoms with van der Waals surface area (Å²) in [6, 6.07) is 5.80. The van der Waals surface area contributed by atoms with Gasteiger partial charge in [-0.15, -0.1) is 0 Å². The summed E-state index contributed by atoms with van der Waals surface area (Å²) in [6.07, 6.45) is 2.77. The standard InChI is InChI=1S/C16H23N3O2/c1-5-8-21-14-7-6-12(9-15(14)20-4)16-18-10-13(11(2)17)19(16)3/h6-7,9-11H,5,8,17H2,1-4H3. The normalized spacial score (nSPS) is 12.2. The lowest BCUT2D eigenvalue weighted by Crippen LogP contribution is -2.10. The Morgan fingerprint density at radius 2 is 2.10 bits per heavy atom. The average molecular weight is 289 g/mol. The van der Waals surface area contributed by atoms with E-state index in [1.165, 1.54) is 0 Å². The summed E-state index contributed by atoms with van der Waals surface area (Å²) in [6.45, 7) is 4.69. The molecule has 1 aromatic heterocycles. The second-order valence-corrected chi connectivity index (χ2v) is 5.07. The first-order chi connectivity index (χ1) is 10.1. The molecule has 0 aliphatic carbocycles. The van der Waals surface area contributed by atoms with Crippen molar-refractivity contribution in [1.29, 1.82) is 0 Å². The van der Waals surface area contributed by atoms with Gasteiger partial charge in [0.15, 0.2) is 11.5 Å². The number of nitrogens with zero attached hydrogens (tertiary/aromatic N) is 2. The van der Waals surface area contributed by atoms with Crippen LogP contribution in [0.15, 0.2) is 24.4 Å². The highest BCUT2D eigenvalue weighted by atomic mass is 16.5. The number of ether oxygens (including phenoxy) is 2. The third-order valence-corrected chi connectivity index (χ3v) is 3.37. The largest absolute Gasteiger partial charge is 0.493 e. The zero-order chi connectivity index (χ0) is 15.4. The molecule has 0 saturated carbocycles. The Bertz CT molecular complexity index is 606. The Labute approximate surface area is 125 Å². The first kappa shape index (κ1) is 15.4. The van der Waals surface area contributed by atoms with E-state index in [-0.39, 0.29) is 6.04 Å². The van der Waals surface area contributed by atoms with Crippen LogP contribution in [0.2, 0.25) is 0 Å². The Kier molecular flexibility index (Phi) is 4.85. The van der Waals surface area contributed by atoms with Gasteiger partial charge in [-0.25, -0.2) is 4.98 Å². The molecule has 5 heteroatoms. The number of benzene rings is 1. The van der Waals surface area contributed by atoms with Crippen molar-refractivity contribution in [2.24, 2.45) is 12.8 Å². The summed E-state index contributed by atoms with van der Waals surface area (Å²) in [5, 5.41) is 0. The van der Waals surface area contributed by atoms with Crippen molar-refractivity contribution in [3.63, 3.8) is 0 Å². The van der Waals surface area contributed by atoms with Gasteiger partial charge < -0.3 is 19.8 Å². The SMILES string of the molecule is CCCOc1ccc(-c2ncc(C(C)N)n2C)cc1OC. The Balaban J connectivity index is 2.37. The second kappa shape index (κ2) is 6.63. The number of hydrogen-bond acceptors (Lipinski definition) is 4. The molecule has 0 aliphatic heterocycles. The van der Waals surface area contributed by atoms with Gasteiger partial charge >= 0.3 is 0 Å². The summed E-state index contributed by atoms with van der Waals surface area (Å²) in [4.78, 5) is 4.46. The third kappa shape index (κ3) is 3.19. The summed E-state index contributed by atoms with van der Waals surface area (Å²) < 4.78 is 13.1. The number of nitrogens with two attached hydrogens (primary N) is 1. The lowest BCUT2D eigenvalue weighted by atomic mass is 10.2. The minimum atomic E-state index is -0.0506. The predicted molar refractivity (Wildman–Crippen MR) is 83.6 cm³/mol. The maximum Gasteiger partial charge on any atom is 0.161 e. The van der Waals surface area contributed by atoms with Gasteiger partial charge in [0.1, 0.15) is 5.82 Å². The van der Waals surface area contributed by atoms with Crippen LogP contribution in [-0.4, -0.2) is 23.3 Å². The monoisotopic (exact) mass is 289 g/mol. The van der Waals surface area contributed by atoms with Crippen molar-refractivity contribution >= 4 is 0 Å². The summed E-state index contributed by atoms with van der Waals surface area (Å²) in [7, 11) is 3.61. The van der Waals surface area contributed by atoms with Crippen LogP contribution in [0.5, 0.6) is 11.5 Å². The molecule has 0 radical (unpaired) electrons. The number of hydrogen-bond donors (Lipinski definition) is 1. The fourth-order valence-corrected chi connectivity index (χ4v) is 2.25. The molecule has 1 atom stereocenters. The second-order valence-electron chi connectivity index (χ2n) is 5.07. The van der Waals surface area contributed by atoms with Gasteiger partial charge in [-0.1, -0.05) is 6.92 Å². The molecule has 0 spiro atoms. The van der Waals surface area contributed by atoms with E-state index in [0.29, 0.717) is 12.4 Å². The highest BCUT2D eigenvalue weighted by Crippen LogP contribution is 2.32. The van der Waals surface area contributed by atoms with Crippen molar-refractivity contribution in [2.45, 2.75) is 26.3 Å². The molecule has 1 unspecified atom stereocenters. The van der Waals surface area contributed by atoms with E-state index >= 15 is 0 Å². The number of rotatable bonds is 6. The maximum atomic E-state index is 5.94. The smallest absolute Gasteiger partial charge is 0.161 e. The zero-order valence-electron chi connectivity index (χ0n) is 13.1. The fraction of sp³-hybridized carbons (Fsp3) is 0.438. The summed E-state index contributed by atoms with van der Waals surface area (Å²) in [5.41, 5.74) is 7.91. The molecule has 1 aromatic carbocycles. The Morgan fingerprint density at radius 1 is 1.33 bits per heavy atom. The van der Waals surface area contributed by atoms with Crippen LogP contribution in [-0.2, 0) is 7.05 Å². The summed E-state index contributed by atoms with van der Waals surface area (Å²) >= 11 is 0. The third-order valence-electron chi connectivity index (χ3n) is 3.37. The van der Waals surface area contributed by atoms with Gasteiger partial charge in [0.25, 0.3) is 0 Å². The molecule has 2 rings (SSSR count). The molecule has 2 N–H and O–H groups in total. The van der Waals surface area contributed by atoms with Crippen molar-refractivity contribution in [1.82, 2.24) is 9.55 Å². The topological polar surface area (TPSA) is 62.3 Å². The zero-order valence-corrected chi connectivity index (χ0v) is 13.1. The van der Waals surface area contributed by atoms with Gasteiger partial charge in [-0.2, -0.15) is 0 Å².